The summed E-state index contributed by atoms with van der Waals surface area (Å²) in [5.41, 5.74) is 4.36. The topological polar surface area (TPSA) is 83.8 Å². The van der Waals surface area contributed by atoms with Crippen LogP contribution in [0.3, 0.4) is 0 Å². The van der Waals surface area contributed by atoms with Gasteiger partial charge in [0.05, 0.1) is 24.2 Å². The summed E-state index contributed by atoms with van der Waals surface area (Å²) >= 11 is 0. The molecule has 2 N–H and O–H groups in total. The molecular formula is C21H18F2N4O2. The molecule has 0 aliphatic heterocycles. The summed E-state index contributed by atoms with van der Waals surface area (Å²) in [5, 5.41) is 13.5. The molecule has 0 saturated carbocycles. The maximum absolute atomic E-state index is 13.9. The van der Waals surface area contributed by atoms with Gasteiger partial charge < -0.3 is 10.1 Å². The van der Waals surface area contributed by atoms with E-state index in [1.165, 1.54) is 6.07 Å². The Kier molecular flexibility index (Phi) is 4.62. The Hall–Kier alpha value is -3.55. The van der Waals surface area contributed by atoms with Crippen molar-refractivity contribution in [1.82, 2.24) is 19.7 Å². The van der Waals surface area contributed by atoms with Gasteiger partial charge in [-0.2, -0.15) is 5.10 Å². The fourth-order valence-corrected chi connectivity index (χ4v) is 3.39. The molecular weight excluding hydrogens is 378 g/mol. The lowest BCUT2D eigenvalue weighted by atomic mass is 10.1. The maximum atomic E-state index is 13.9. The minimum Gasteiger partial charge on any atom is -0.481 e. The van der Waals surface area contributed by atoms with Gasteiger partial charge in [-0.3, -0.25) is 9.48 Å². The number of aromatic amines is 1. The highest BCUT2D eigenvalue weighted by Gasteiger charge is 2.15. The lowest BCUT2D eigenvalue weighted by Crippen LogP contribution is -2.06. The van der Waals surface area contributed by atoms with Crippen LogP contribution < -0.4 is 0 Å². The highest BCUT2D eigenvalue weighted by molar-refractivity contribution is 5.80. The molecule has 148 valence electrons. The largest absolute Gasteiger partial charge is 0.481 e. The average molecular weight is 396 g/mol. The predicted octanol–water partition coefficient (Wildman–Crippen LogP) is 4.00. The summed E-state index contributed by atoms with van der Waals surface area (Å²) in [6, 6.07) is 9.99. The third-order valence-corrected chi connectivity index (χ3v) is 4.96. The molecule has 0 fully saturated rings. The molecule has 2 aromatic carbocycles. The SMILES string of the molecule is Cc1nn(Cc2ccc(-c3nc4c(F)c(F)ccc4[nH]3)cc2)c(C)c1CC(=O)O. The zero-order valence-electron chi connectivity index (χ0n) is 15.8. The number of aryl methyl sites for hydroxylation is 1. The summed E-state index contributed by atoms with van der Waals surface area (Å²) in [4.78, 5) is 18.2. The van der Waals surface area contributed by atoms with Gasteiger partial charge in [0.15, 0.2) is 11.6 Å². The van der Waals surface area contributed by atoms with E-state index in [0.717, 1.165) is 28.5 Å². The minimum absolute atomic E-state index is 0.0299. The van der Waals surface area contributed by atoms with Crippen molar-refractivity contribution in [3.63, 3.8) is 0 Å². The molecule has 0 amide bonds. The average Bonchev–Trinajstić information content (AvgIpc) is 3.23. The number of carboxylic acids is 1. The van der Waals surface area contributed by atoms with Crippen molar-refractivity contribution in [2.45, 2.75) is 26.8 Å². The van der Waals surface area contributed by atoms with Crippen LogP contribution in [0, 0.1) is 25.5 Å². The molecule has 2 aromatic heterocycles. The van der Waals surface area contributed by atoms with Crippen molar-refractivity contribution in [3.8, 4) is 11.4 Å². The third kappa shape index (κ3) is 3.49. The molecule has 0 atom stereocenters. The zero-order chi connectivity index (χ0) is 20.7. The van der Waals surface area contributed by atoms with Crippen LogP contribution in [0.15, 0.2) is 36.4 Å². The molecule has 6 nitrogen and oxygen atoms in total. The summed E-state index contributed by atoms with van der Waals surface area (Å²) in [7, 11) is 0. The first-order chi connectivity index (χ1) is 13.8. The molecule has 0 saturated heterocycles. The fraction of sp³-hybridized carbons (Fsp3) is 0.190. The Balaban J connectivity index is 1.59. The van der Waals surface area contributed by atoms with Crippen LogP contribution in [-0.2, 0) is 17.8 Å². The molecule has 0 aliphatic carbocycles. The Bertz CT molecular complexity index is 1230. The van der Waals surface area contributed by atoms with Crippen LogP contribution in [0.25, 0.3) is 22.4 Å². The van der Waals surface area contributed by atoms with Crippen molar-refractivity contribution in [2.24, 2.45) is 0 Å². The number of carbonyl (C=O) groups is 1. The van der Waals surface area contributed by atoms with Crippen LogP contribution in [-0.4, -0.2) is 30.8 Å². The lowest BCUT2D eigenvalue weighted by molar-refractivity contribution is -0.136. The Labute approximate surface area is 164 Å². The number of aliphatic carboxylic acids is 1. The van der Waals surface area contributed by atoms with Crippen molar-refractivity contribution < 1.29 is 18.7 Å². The first-order valence-electron chi connectivity index (χ1n) is 9.01. The number of hydrogen-bond donors (Lipinski definition) is 2. The second-order valence-electron chi connectivity index (χ2n) is 6.92. The van der Waals surface area contributed by atoms with Gasteiger partial charge in [-0.1, -0.05) is 24.3 Å². The highest BCUT2D eigenvalue weighted by Crippen LogP contribution is 2.24. The molecule has 0 spiro atoms. The van der Waals surface area contributed by atoms with Crippen molar-refractivity contribution in [1.29, 1.82) is 0 Å². The molecule has 29 heavy (non-hydrogen) atoms. The number of halogens is 2. The lowest BCUT2D eigenvalue weighted by Gasteiger charge is -2.06. The molecule has 4 aromatic rings. The standard InChI is InChI=1S/C21H18F2N4O2/c1-11-15(9-18(28)29)12(2)27(26-11)10-13-3-5-14(6-4-13)21-24-17-8-7-16(22)19(23)20(17)25-21/h3-8H,9-10H2,1-2H3,(H,24,25)(H,28,29). The van der Waals surface area contributed by atoms with Gasteiger partial charge in [0, 0.05) is 16.8 Å². The third-order valence-electron chi connectivity index (χ3n) is 4.96. The summed E-state index contributed by atoms with van der Waals surface area (Å²) < 4.78 is 29.0. The van der Waals surface area contributed by atoms with Crippen molar-refractivity contribution in [2.75, 3.05) is 0 Å². The number of imidazole rings is 1. The summed E-state index contributed by atoms with van der Waals surface area (Å²) in [6.45, 7) is 4.15. The number of fused-ring (bicyclic) bond motifs is 1. The maximum Gasteiger partial charge on any atom is 0.307 e. The van der Waals surface area contributed by atoms with E-state index >= 15 is 0 Å². The van der Waals surface area contributed by atoms with Crippen molar-refractivity contribution >= 4 is 17.0 Å². The second-order valence-corrected chi connectivity index (χ2v) is 6.92. The van der Waals surface area contributed by atoms with E-state index < -0.39 is 17.6 Å². The Morgan fingerprint density at radius 3 is 2.55 bits per heavy atom. The minimum atomic E-state index is -0.969. The molecule has 4 rings (SSSR count). The van der Waals surface area contributed by atoms with Crippen LogP contribution in [0.1, 0.15) is 22.5 Å². The van der Waals surface area contributed by atoms with E-state index in [9.17, 15) is 13.6 Å². The second kappa shape index (κ2) is 7.12. The Morgan fingerprint density at radius 1 is 1.14 bits per heavy atom. The van der Waals surface area contributed by atoms with Crippen LogP contribution >= 0.6 is 0 Å². The van der Waals surface area contributed by atoms with Gasteiger partial charge in [0.25, 0.3) is 0 Å². The van der Waals surface area contributed by atoms with E-state index in [0.29, 0.717) is 23.6 Å². The van der Waals surface area contributed by atoms with E-state index in [4.69, 9.17) is 5.11 Å². The summed E-state index contributed by atoms with van der Waals surface area (Å²) in [5.74, 6) is -2.34. The number of hydrogen-bond acceptors (Lipinski definition) is 3. The quantitative estimate of drug-likeness (QED) is 0.534. The normalized spacial score (nSPS) is 11.3. The monoisotopic (exact) mass is 396 g/mol. The number of rotatable bonds is 5. The molecule has 0 radical (unpaired) electrons. The van der Waals surface area contributed by atoms with E-state index in [-0.39, 0.29) is 11.9 Å². The van der Waals surface area contributed by atoms with Crippen LogP contribution in [0.4, 0.5) is 8.78 Å². The zero-order valence-corrected chi connectivity index (χ0v) is 15.8. The number of nitrogens with one attached hydrogen (secondary N) is 1. The first-order valence-corrected chi connectivity index (χ1v) is 9.01. The van der Waals surface area contributed by atoms with E-state index in [1.54, 1.807) is 11.6 Å². The smallest absolute Gasteiger partial charge is 0.307 e. The van der Waals surface area contributed by atoms with Crippen LogP contribution in [0.5, 0.6) is 0 Å². The molecule has 2 heterocycles. The molecule has 0 unspecified atom stereocenters. The Morgan fingerprint density at radius 2 is 1.86 bits per heavy atom. The predicted molar refractivity (Wildman–Crippen MR) is 104 cm³/mol. The van der Waals surface area contributed by atoms with Gasteiger partial charge >= 0.3 is 5.97 Å². The number of aromatic nitrogens is 4. The summed E-state index contributed by atoms with van der Waals surface area (Å²) in [6.07, 6.45) is -0.0557. The van der Waals surface area contributed by atoms with E-state index in [1.807, 2.05) is 31.2 Å². The molecule has 0 bridgehead atoms. The van der Waals surface area contributed by atoms with Gasteiger partial charge in [-0.05, 0) is 31.5 Å². The van der Waals surface area contributed by atoms with Gasteiger partial charge in [0.1, 0.15) is 11.3 Å². The van der Waals surface area contributed by atoms with Crippen molar-refractivity contribution in [3.05, 3.63) is 70.5 Å². The highest BCUT2D eigenvalue weighted by atomic mass is 19.2. The van der Waals surface area contributed by atoms with Gasteiger partial charge in [-0.25, -0.2) is 13.8 Å². The van der Waals surface area contributed by atoms with Gasteiger partial charge in [0.2, 0.25) is 0 Å². The fourth-order valence-electron chi connectivity index (χ4n) is 3.39. The molecule has 8 heteroatoms. The van der Waals surface area contributed by atoms with Crippen LogP contribution in [0.2, 0.25) is 0 Å². The number of H-pyrrole nitrogens is 1. The number of carboxylic acid groups (broad SMARTS) is 1. The number of benzene rings is 2. The number of nitrogens with zero attached hydrogens (tertiary/aromatic N) is 3. The van der Waals surface area contributed by atoms with Gasteiger partial charge in [-0.15, -0.1) is 0 Å². The first kappa shape index (κ1) is 18.8. The molecule has 0 aliphatic rings. The van der Waals surface area contributed by atoms with E-state index in [2.05, 4.69) is 15.1 Å².